The van der Waals surface area contributed by atoms with Crippen LogP contribution in [0.4, 0.5) is 0 Å². The first-order chi connectivity index (χ1) is 8.26. The van der Waals surface area contributed by atoms with E-state index in [1.54, 1.807) is 12.1 Å². The minimum absolute atomic E-state index is 0.370. The summed E-state index contributed by atoms with van der Waals surface area (Å²) in [6, 6.07) is 9.72. The highest BCUT2D eigenvalue weighted by Gasteiger charge is 2.09. The first-order valence-corrected chi connectivity index (χ1v) is 5.88. The van der Waals surface area contributed by atoms with E-state index in [4.69, 9.17) is 16.0 Å². The minimum Gasteiger partial charge on any atom is -0.441 e. The van der Waals surface area contributed by atoms with Crippen LogP contribution in [0.15, 0.2) is 34.7 Å². The van der Waals surface area contributed by atoms with Crippen LogP contribution in [-0.2, 0) is 6.42 Å². The number of aromatic nitrogens is 2. The van der Waals surface area contributed by atoms with Crippen molar-refractivity contribution in [3.8, 4) is 11.6 Å². The Labute approximate surface area is 103 Å². The van der Waals surface area contributed by atoms with Crippen molar-refractivity contribution in [3.63, 3.8) is 0 Å². The van der Waals surface area contributed by atoms with Gasteiger partial charge in [-0.1, -0.05) is 13.0 Å². The van der Waals surface area contributed by atoms with E-state index in [1.165, 1.54) is 5.56 Å². The molecule has 3 aromatic rings. The largest absolute Gasteiger partial charge is 0.441 e. The summed E-state index contributed by atoms with van der Waals surface area (Å²) in [4.78, 5) is 7.70. The molecule has 2 aromatic heterocycles. The molecule has 0 radical (unpaired) electrons. The summed E-state index contributed by atoms with van der Waals surface area (Å²) in [5, 5.41) is 0.370. The van der Waals surface area contributed by atoms with Crippen LogP contribution in [0.3, 0.4) is 0 Å². The number of fused-ring (bicyclic) bond motifs is 1. The molecule has 4 heteroatoms. The highest BCUT2D eigenvalue weighted by atomic mass is 35.5. The van der Waals surface area contributed by atoms with Crippen LogP contribution in [0.25, 0.3) is 22.6 Å². The van der Waals surface area contributed by atoms with Gasteiger partial charge in [0.2, 0.25) is 0 Å². The fourth-order valence-corrected chi connectivity index (χ4v) is 1.98. The standard InChI is InChI=1S/C13H11ClN2O/c1-2-8-3-4-9-10(7-8)16-13(15-9)11-5-6-12(14)17-11/h3-7H,2H2,1H3,(H,15,16). The number of aromatic amines is 1. The predicted octanol–water partition coefficient (Wildman–Crippen LogP) is 4.04. The number of hydrogen-bond donors (Lipinski definition) is 1. The van der Waals surface area contributed by atoms with E-state index in [0.29, 0.717) is 16.8 Å². The number of nitrogens with zero attached hydrogens (tertiary/aromatic N) is 1. The lowest BCUT2D eigenvalue weighted by molar-refractivity contribution is 0.580. The van der Waals surface area contributed by atoms with Crippen LogP contribution in [-0.4, -0.2) is 9.97 Å². The van der Waals surface area contributed by atoms with Crippen molar-refractivity contribution in [1.82, 2.24) is 9.97 Å². The summed E-state index contributed by atoms with van der Waals surface area (Å²) in [5.41, 5.74) is 3.24. The van der Waals surface area contributed by atoms with Crippen LogP contribution in [0, 0.1) is 0 Å². The van der Waals surface area contributed by atoms with Crippen LogP contribution in [0.2, 0.25) is 5.22 Å². The third-order valence-electron chi connectivity index (χ3n) is 2.76. The van der Waals surface area contributed by atoms with Gasteiger partial charge in [-0.3, -0.25) is 0 Å². The van der Waals surface area contributed by atoms with Gasteiger partial charge in [-0.15, -0.1) is 0 Å². The van der Waals surface area contributed by atoms with Gasteiger partial charge in [-0.05, 0) is 47.9 Å². The van der Waals surface area contributed by atoms with Crippen LogP contribution >= 0.6 is 11.6 Å². The molecule has 0 aliphatic rings. The Bertz CT molecular complexity index is 669. The molecule has 0 saturated carbocycles. The maximum Gasteiger partial charge on any atom is 0.194 e. The molecule has 0 aliphatic heterocycles. The summed E-state index contributed by atoms with van der Waals surface area (Å²) < 4.78 is 5.33. The van der Waals surface area contributed by atoms with Crippen molar-refractivity contribution in [2.45, 2.75) is 13.3 Å². The normalized spacial score (nSPS) is 11.2. The number of rotatable bonds is 2. The molecular formula is C13H11ClN2O. The lowest BCUT2D eigenvalue weighted by Gasteiger charge is -1.93. The first-order valence-electron chi connectivity index (χ1n) is 5.50. The Hall–Kier alpha value is -1.74. The quantitative estimate of drug-likeness (QED) is 0.742. The topological polar surface area (TPSA) is 41.8 Å². The number of nitrogens with one attached hydrogen (secondary N) is 1. The second-order valence-corrected chi connectivity index (χ2v) is 4.27. The molecule has 86 valence electrons. The Morgan fingerprint density at radius 2 is 2.18 bits per heavy atom. The molecule has 0 bridgehead atoms. The Balaban J connectivity index is 2.13. The number of aryl methyl sites for hydroxylation is 1. The van der Waals surface area contributed by atoms with Crippen LogP contribution in [0.5, 0.6) is 0 Å². The summed E-state index contributed by atoms with van der Waals surface area (Å²) in [5.74, 6) is 1.37. The number of H-pyrrole nitrogens is 1. The molecular weight excluding hydrogens is 236 g/mol. The third kappa shape index (κ3) is 1.83. The molecule has 17 heavy (non-hydrogen) atoms. The maximum atomic E-state index is 5.75. The van der Waals surface area contributed by atoms with Crippen LogP contribution in [0.1, 0.15) is 12.5 Å². The van der Waals surface area contributed by atoms with Crippen molar-refractivity contribution in [2.75, 3.05) is 0 Å². The van der Waals surface area contributed by atoms with Gasteiger partial charge in [0.25, 0.3) is 0 Å². The van der Waals surface area contributed by atoms with E-state index in [0.717, 1.165) is 17.5 Å². The molecule has 1 N–H and O–H groups in total. The van der Waals surface area contributed by atoms with Gasteiger partial charge < -0.3 is 9.40 Å². The van der Waals surface area contributed by atoms with Gasteiger partial charge in [0, 0.05) is 0 Å². The summed E-state index contributed by atoms with van der Waals surface area (Å²) in [6.07, 6.45) is 1.01. The van der Waals surface area contributed by atoms with E-state index in [-0.39, 0.29) is 0 Å². The molecule has 3 rings (SSSR count). The number of hydrogen-bond acceptors (Lipinski definition) is 2. The lowest BCUT2D eigenvalue weighted by Crippen LogP contribution is -1.78. The Kier molecular flexibility index (Phi) is 2.41. The molecule has 0 aliphatic carbocycles. The smallest absolute Gasteiger partial charge is 0.194 e. The molecule has 0 amide bonds. The van der Waals surface area contributed by atoms with Gasteiger partial charge in [0.15, 0.2) is 16.8 Å². The van der Waals surface area contributed by atoms with Crippen molar-refractivity contribution >= 4 is 22.6 Å². The Morgan fingerprint density at radius 1 is 1.29 bits per heavy atom. The van der Waals surface area contributed by atoms with E-state index < -0.39 is 0 Å². The van der Waals surface area contributed by atoms with Crippen LogP contribution < -0.4 is 0 Å². The fraction of sp³-hybridized carbons (Fsp3) is 0.154. The molecule has 1 aromatic carbocycles. The average molecular weight is 247 g/mol. The van der Waals surface area contributed by atoms with Crippen molar-refractivity contribution in [2.24, 2.45) is 0 Å². The summed E-state index contributed by atoms with van der Waals surface area (Å²) >= 11 is 5.75. The minimum atomic E-state index is 0.370. The zero-order chi connectivity index (χ0) is 11.8. The molecule has 0 spiro atoms. The average Bonchev–Trinajstić information content (AvgIpc) is 2.93. The highest BCUT2D eigenvalue weighted by Crippen LogP contribution is 2.25. The third-order valence-corrected chi connectivity index (χ3v) is 2.96. The summed E-state index contributed by atoms with van der Waals surface area (Å²) in [7, 11) is 0. The van der Waals surface area contributed by atoms with E-state index in [9.17, 15) is 0 Å². The second kappa shape index (κ2) is 3.93. The van der Waals surface area contributed by atoms with Crippen molar-refractivity contribution in [3.05, 3.63) is 41.1 Å². The van der Waals surface area contributed by atoms with Crippen molar-refractivity contribution < 1.29 is 4.42 Å². The van der Waals surface area contributed by atoms with E-state index >= 15 is 0 Å². The second-order valence-electron chi connectivity index (χ2n) is 3.89. The van der Waals surface area contributed by atoms with Crippen molar-refractivity contribution in [1.29, 1.82) is 0 Å². The molecule has 3 nitrogen and oxygen atoms in total. The molecule has 0 saturated heterocycles. The van der Waals surface area contributed by atoms with Gasteiger partial charge >= 0.3 is 0 Å². The van der Waals surface area contributed by atoms with Gasteiger partial charge in [-0.2, -0.15) is 0 Å². The SMILES string of the molecule is CCc1ccc2nc(-c3ccc(Cl)o3)[nH]c2c1. The molecule has 2 heterocycles. The zero-order valence-corrected chi connectivity index (χ0v) is 10.1. The maximum absolute atomic E-state index is 5.75. The number of furan rings is 1. The summed E-state index contributed by atoms with van der Waals surface area (Å²) in [6.45, 7) is 2.13. The predicted molar refractivity (Wildman–Crippen MR) is 68.2 cm³/mol. The zero-order valence-electron chi connectivity index (χ0n) is 9.33. The van der Waals surface area contributed by atoms with Gasteiger partial charge in [-0.25, -0.2) is 4.98 Å². The highest BCUT2D eigenvalue weighted by molar-refractivity contribution is 6.28. The molecule has 0 fully saturated rings. The molecule has 0 atom stereocenters. The molecule has 0 unspecified atom stereocenters. The monoisotopic (exact) mass is 246 g/mol. The van der Waals surface area contributed by atoms with E-state index in [2.05, 4.69) is 29.0 Å². The fourth-order valence-electron chi connectivity index (χ4n) is 1.83. The van der Waals surface area contributed by atoms with E-state index in [1.807, 2.05) is 6.07 Å². The number of imidazole rings is 1. The first kappa shape index (κ1) is 10.4. The van der Waals surface area contributed by atoms with Gasteiger partial charge in [0.05, 0.1) is 11.0 Å². The lowest BCUT2D eigenvalue weighted by atomic mass is 10.1. The van der Waals surface area contributed by atoms with Gasteiger partial charge in [0.1, 0.15) is 0 Å². The number of halogens is 1. The number of benzene rings is 1. The Morgan fingerprint density at radius 3 is 2.88 bits per heavy atom.